The third-order valence-electron chi connectivity index (χ3n) is 4.49. The number of benzene rings is 2. The van der Waals surface area contributed by atoms with Crippen LogP contribution in [0.3, 0.4) is 0 Å². The lowest BCUT2D eigenvalue weighted by atomic mass is 10.1. The number of carbonyl (C=O) groups is 1. The van der Waals surface area contributed by atoms with Crippen LogP contribution in [0.15, 0.2) is 42.5 Å². The van der Waals surface area contributed by atoms with Crippen molar-refractivity contribution in [2.75, 3.05) is 31.0 Å². The van der Waals surface area contributed by atoms with Gasteiger partial charge in [-0.15, -0.1) is 0 Å². The van der Waals surface area contributed by atoms with E-state index in [9.17, 15) is 4.79 Å². The fourth-order valence-electron chi connectivity index (χ4n) is 3.09. The molecule has 2 heterocycles. The van der Waals surface area contributed by atoms with E-state index in [-0.39, 0.29) is 12.8 Å². The van der Waals surface area contributed by atoms with Crippen molar-refractivity contribution in [3.05, 3.63) is 53.1 Å². The monoisotopic (exact) mass is 390 g/mol. The zero-order valence-corrected chi connectivity index (χ0v) is 15.7. The summed E-state index contributed by atoms with van der Waals surface area (Å²) in [6, 6.07) is 13.2. The van der Waals surface area contributed by atoms with Gasteiger partial charge in [0.25, 0.3) is 0 Å². The maximum absolute atomic E-state index is 12.5. The Balaban J connectivity index is 1.38. The van der Waals surface area contributed by atoms with Gasteiger partial charge < -0.3 is 19.7 Å². The molecule has 0 radical (unpaired) electrons. The standard InChI is InChI=1S/C19H19ClN2O3S/c20-14-2-4-15(5-3-14)21-19(23)22-8-7-18(26-10-9-22)13-1-6-16-17(11-13)25-12-24-16/h1-6,11,18H,7-10,12H2,(H,21,23). The molecule has 1 fully saturated rings. The molecule has 2 aromatic rings. The fourth-order valence-corrected chi connectivity index (χ4v) is 4.44. The predicted molar refractivity (Wildman–Crippen MR) is 104 cm³/mol. The van der Waals surface area contributed by atoms with Gasteiger partial charge in [-0.25, -0.2) is 4.79 Å². The van der Waals surface area contributed by atoms with Crippen molar-refractivity contribution >= 4 is 35.1 Å². The van der Waals surface area contributed by atoms with Gasteiger partial charge in [0.05, 0.1) is 0 Å². The predicted octanol–water partition coefficient (Wildman–Crippen LogP) is 4.78. The van der Waals surface area contributed by atoms with Crippen molar-refractivity contribution in [2.24, 2.45) is 0 Å². The van der Waals surface area contributed by atoms with E-state index < -0.39 is 0 Å². The summed E-state index contributed by atoms with van der Waals surface area (Å²) in [6.45, 7) is 1.73. The molecule has 0 aliphatic carbocycles. The number of hydrogen-bond donors (Lipinski definition) is 1. The van der Waals surface area contributed by atoms with Gasteiger partial charge in [-0.3, -0.25) is 0 Å². The Hall–Kier alpha value is -2.05. The van der Waals surface area contributed by atoms with Crippen LogP contribution < -0.4 is 14.8 Å². The number of nitrogens with one attached hydrogen (secondary N) is 1. The SMILES string of the molecule is O=C(Nc1ccc(Cl)cc1)N1CCSC(c2ccc3c(c2)OCO3)CC1. The molecular formula is C19H19ClN2O3S. The summed E-state index contributed by atoms with van der Waals surface area (Å²) in [5.74, 6) is 2.51. The summed E-state index contributed by atoms with van der Waals surface area (Å²) in [4.78, 5) is 14.4. The van der Waals surface area contributed by atoms with E-state index in [1.807, 2.05) is 34.9 Å². The summed E-state index contributed by atoms with van der Waals surface area (Å²) in [7, 11) is 0. The van der Waals surface area contributed by atoms with Gasteiger partial charge in [0, 0.05) is 34.8 Å². The first kappa shape index (κ1) is 17.4. The molecule has 2 amide bonds. The number of amides is 2. The fraction of sp³-hybridized carbons (Fsp3) is 0.316. The number of anilines is 1. The summed E-state index contributed by atoms with van der Waals surface area (Å²) in [5.41, 5.74) is 1.97. The molecule has 26 heavy (non-hydrogen) atoms. The van der Waals surface area contributed by atoms with Crippen LogP contribution in [0.25, 0.3) is 0 Å². The largest absolute Gasteiger partial charge is 0.454 e. The van der Waals surface area contributed by atoms with Gasteiger partial charge in [0.15, 0.2) is 11.5 Å². The van der Waals surface area contributed by atoms with Crippen molar-refractivity contribution in [2.45, 2.75) is 11.7 Å². The molecule has 1 atom stereocenters. The van der Waals surface area contributed by atoms with E-state index in [1.165, 1.54) is 5.56 Å². The lowest BCUT2D eigenvalue weighted by molar-refractivity contribution is 0.174. The molecule has 4 rings (SSSR count). The zero-order chi connectivity index (χ0) is 17.9. The number of rotatable bonds is 2. The van der Waals surface area contributed by atoms with Gasteiger partial charge in [-0.05, 0) is 48.4 Å². The van der Waals surface area contributed by atoms with E-state index in [1.54, 1.807) is 12.1 Å². The van der Waals surface area contributed by atoms with Crippen LogP contribution in [-0.4, -0.2) is 36.6 Å². The quantitative estimate of drug-likeness (QED) is 0.801. The van der Waals surface area contributed by atoms with Gasteiger partial charge in [0.2, 0.25) is 6.79 Å². The maximum Gasteiger partial charge on any atom is 0.321 e. The van der Waals surface area contributed by atoms with E-state index >= 15 is 0 Å². The van der Waals surface area contributed by atoms with Crippen LogP contribution in [-0.2, 0) is 0 Å². The van der Waals surface area contributed by atoms with Crippen LogP contribution in [0.2, 0.25) is 5.02 Å². The van der Waals surface area contributed by atoms with Crippen molar-refractivity contribution < 1.29 is 14.3 Å². The molecule has 0 spiro atoms. The molecule has 1 N–H and O–H groups in total. The normalized spacial score (nSPS) is 19.1. The van der Waals surface area contributed by atoms with Crippen molar-refractivity contribution in [1.29, 1.82) is 0 Å². The van der Waals surface area contributed by atoms with Gasteiger partial charge in [0.1, 0.15) is 0 Å². The minimum atomic E-state index is -0.0701. The number of urea groups is 1. The van der Waals surface area contributed by atoms with Crippen LogP contribution in [0.4, 0.5) is 10.5 Å². The van der Waals surface area contributed by atoms with Gasteiger partial charge >= 0.3 is 6.03 Å². The first-order valence-corrected chi connectivity index (χ1v) is 9.94. The highest BCUT2D eigenvalue weighted by Crippen LogP contribution is 2.40. The molecule has 2 aliphatic rings. The molecule has 0 saturated carbocycles. The Kier molecular flexibility index (Phi) is 5.13. The summed E-state index contributed by atoms with van der Waals surface area (Å²) < 4.78 is 10.9. The number of nitrogens with zero attached hydrogens (tertiary/aromatic N) is 1. The smallest absolute Gasteiger partial charge is 0.321 e. The maximum atomic E-state index is 12.5. The first-order chi connectivity index (χ1) is 12.7. The molecule has 136 valence electrons. The van der Waals surface area contributed by atoms with Crippen molar-refractivity contribution in [3.8, 4) is 11.5 Å². The number of thioether (sulfide) groups is 1. The van der Waals surface area contributed by atoms with Gasteiger partial charge in [-0.2, -0.15) is 11.8 Å². The molecule has 5 nitrogen and oxygen atoms in total. The highest BCUT2D eigenvalue weighted by Gasteiger charge is 2.24. The minimum Gasteiger partial charge on any atom is -0.454 e. The van der Waals surface area contributed by atoms with E-state index in [0.717, 1.165) is 35.9 Å². The average Bonchev–Trinajstić information content (AvgIpc) is 2.98. The topological polar surface area (TPSA) is 50.8 Å². The van der Waals surface area contributed by atoms with Crippen LogP contribution in [0.1, 0.15) is 17.2 Å². The highest BCUT2D eigenvalue weighted by molar-refractivity contribution is 7.99. The highest BCUT2D eigenvalue weighted by atomic mass is 35.5. The number of ether oxygens (including phenoxy) is 2. The second kappa shape index (κ2) is 7.68. The summed E-state index contributed by atoms with van der Waals surface area (Å²) in [5, 5.41) is 3.94. The average molecular weight is 391 g/mol. The molecule has 7 heteroatoms. The zero-order valence-electron chi connectivity index (χ0n) is 14.1. The molecule has 1 unspecified atom stereocenters. The Morgan fingerprint density at radius 3 is 2.77 bits per heavy atom. The first-order valence-electron chi connectivity index (χ1n) is 8.52. The molecule has 2 aliphatic heterocycles. The Labute approximate surface area is 161 Å². The molecule has 1 saturated heterocycles. The second-order valence-corrected chi connectivity index (χ2v) is 7.93. The Morgan fingerprint density at radius 2 is 1.92 bits per heavy atom. The van der Waals surface area contributed by atoms with E-state index in [0.29, 0.717) is 16.8 Å². The summed E-state index contributed by atoms with van der Waals surface area (Å²) >= 11 is 7.76. The van der Waals surface area contributed by atoms with Crippen molar-refractivity contribution in [3.63, 3.8) is 0 Å². The Morgan fingerprint density at radius 1 is 1.12 bits per heavy atom. The Bertz CT molecular complexity index is 800. The second-order valence-electron chi connectivity index (χ2n) is 6.18. The number of fused-ring (bicyclic) bond motifs is 1. The van der Waals surface area contributed by atoms with Crippen molar-refractivity contribution in [1.82, 2.24) is 4.90 Å². The number of hydrogen-bond acceptors (Lipinski definition) is 4. The van der Waals surface area contributed by atoms with E-state index in [2.05, 4.69) is 17.4 Å². The third kappa shape index (κ3) is 3.86. The molecule has 0 aromatic heterocycles. The van der Waals surface area contributed by atoms with Crippen LogP contribution >= 0.6 is 23.4 Å². The third-order valence-corrected chi connectivity index (χ3v) is 6.07. The lowest BCUT2D eigenvalue weighted by Crippen LogP contribution is -2.36. The summed E-state index contributed by atoms with van der Waals surface area (Å²) in [6.07, 6.45) is 0.901. The van der Waals surface area contributed by atoms with Crippen LogP contribution in [0, 0.1) is 0 Å². The molecule has 2 aromatic carbocycles. The molecular weight excluding hydrogens is 372 g/mol. The van der Waals surface area contributed by atoms with Gasteiger partial charge in [-0.1, -0.05) is 17.7 Å². The van der Waals surface area contributed by atoms with E-state index in [4.69, 9.17) is 21.1 Å². The molecule has 0 bridgehead atoms. The lowest BCUT2D eigenvalue weighted by Gasteiger charge is -2.21. The number of halogens is 1. The number of carbonyl (C=O) groups excluding carboxylic acids is 1. The van der Waals surface area contributed by atoms with Crippen LogP contribution in [0.5, 0.6) is 11.5 Å². The minimum absolute atomic E-state index is 0.0701.